The zero-order valence-electron chi connectivity index (χ0n) is 13.1. The Labute approximate surface area is 132 Å². The zero-order valence-corrected chi connectivity index (χ0v) is 13.1. The van der Waals surface area contributed by atoms with Gasteiger partial charge in [-0.15, -0.1) is 5.10 Å². The number of ether oxygens (including phenoxy) is 2. The lowest BCUT2D eigenvalue weighted by molar-refractivity contribution is 0.0523. The van der Waals surface area contributed by atoms with E-state index in [1.165, 1.54) is 0 Å². The van der Waals surface area contributed by atoms with Crippen molar-refractivity contribution in [3.63, 3.8) is 0 Å². The molecule has 0 fully saturated rings. The Morgan fingerprint density at radius 3 is 2.78 bits per heavy atom. The molecule has 0 N–H and O–H groups in total. The van der Waals surface area contributed by atoms with Crippen LogP contribution in [0.3, 0.4) is 0 Å². The van der Waals surface area contributed by atoms with E-state index in [0.717, 1.165) is 11.4 Å². The largest absolute Gasteiger partial charge is 0.462 e. The fourth-order valence-corrected chi connectivity index (χ4v) is 2.22. The predicted octanol–water partition coefficient (Wildman–Crippen LogP) is 2.71. The van der Waals surface area contributed by atoms with Gasteiger partial charge in [-0.05, 0) is 39.0 Å². The van der Waals surface area contributed by atoms with E-state index >= 15 is 0 Å². The maximum atomic E-state index is 12.0. The molecule has 0 saturated heterocycles. The molecule has 2 heterocycles. The maximum absolute atomic E-state index is 12.0. The van der Waals surface area contributed by atoms with E-state index in [-0.39, 0.29) is 6.01 Å². The first-order valence-corrected chi connectivity index (χ1v) is 7.23. The molecule has 0 aliphatic heterocycles. The van der Waals surface area contributed by atoms with E-state index in [1.54, 1.807) is 35.7 Å². The highest BCUT2D eigenvalue weighted by Gasteiger charge is 2.16. The van der Waals surface area contributed by atoms with E-state index < -0.39 is 5.97 Å². The van der Waals surface area contributed by atoms with Crippen LogP contribution in [-0.4, -0.2) is 32.2 Å². The first kappa shape index (κ1) is 15.0. The van der Waals surface area contributed by atoms with Crippen LogP contribution in [-0.2, 0) is 4.74 Å². The highest BCUT2D eigenvalue weighted by molar-refractivity contribution is 5.92. The predicted molar refractivity (Wildman–Crippen MR) is 82.7 cm³/mol. The highest BCUT2D eigenvalue weighted by atomic mass is 16.5. The van der Waals surface area contributed by atoms with Gasteiger partial charge in [0.2, 0.25) is 0 Å². The van der Waals surface area contributed by atoms with Gasteiger partial charge in [0, 0.05) is 11.4 Å². The molecule has 1 aromatic carbocycles. The minimum Gasteiger partial charge on any atom is -0.462 e. The van der Waals surface area contributed by atoms with Crippen molar-refractivity contribution in [3.8, 4) is 11.8 Å². The van der Waals surface area contributed by atoms with Crippen LogP contribution in [0.15, 0.2) is 30.3 Å². The molecule has 2 aromatic heterocycles. The number of hydrogen-bond donors (Lipinski definition) is 0. The van der Waals surface area contributed by atoms with E-state index in [4.69, 9.17) is 9.47 Å². The summed E-state index contributed by atoms with van der Waals surface area (Å²) in [7, 11) is 0. The molecule has 0 saturated carbocycles. The number of aromatic nitrogens is 4. The Kier molecular flexibility index (Phi) is 3.92. The maximum Gasteiger partial charge on any atom is 0.343 e. The quantitative estimate of drug-likeness (QED) is 0.689. The summed E-state index contributed by atoms with van der Waals surface area (Å²) >= 11 is 0. The van der Waals surface area contributed by atoms with Crippen LogP contribution < -0.4 is 4.74 Å². The number of benzene rings is 1. The molecular weight excluding hydrogens is 296 g/mol. The third kappa shape index (κ3) is 2.98. The molecule has 0 aliphatic rings. The van der Waals surface area contributed by atoms with Gasteiger partial charge in [-0.25, -0.2) is 9.78 Å². The average molecular weight is 312 g/mol. The van der Waals surface area contributed by atoms with Crippen LogP contribution in [0.2, 0.25) is 0 Å². The number of aryl methyl sites for hydroxylation is 2. The summed E-state index contributed by atoms with van der Waals surface area (Å²) in [4.78, 5) is 20.5. The molecule has 23 heavy (non-hydrogen) atoms. The summed E-state index contributed by atoms with van der Waals surface area (Å²) in [6, 6.07) is 8.84. The second-order valence-electron chi connectivity index (χ2n) is 4.96. The van der Waals surface area contributed by atoms with Crippen molar-refractivity contribution in [1.29, 1.82) is 0 Å². The van der Waals surface area contributed by atoms with Crippen molar-refractivity contribution < 1.29 is 14.3 Å². The van der Waals surface area contributed by atoms with Crippen LogP contribution in [0, 0.1) is 13.8 Å². The van der Waals surface area contributed by atoms with Gasteiger partial charge in [-0.2, -0.15) is 9.50 Å². The second kappa shape index (κ2) is 6.04. The monoisotopic (exact) mass is 312 g/mol. The number of nitrogens with zero attached hydrogens (tertiary/aromatic N) is 4. The van der Waals surface area contributed by atoms with Crippen LogP contribution in [0.1, 0.15) is 28.7 Å². The van der Waals surface area contributed by atoms with Gasteiger partial charge in [0.1, 0.15) is 11.3 Å². The molecule has 0 amide bonds. The zero-order chi connectivity index (χ0) is 16.4. The fraction of sp³-hybridized carbons (Fsp3) is 0.250. The standard InChI is InChI=1S/C16H16N4O3/c1-4-22-14(21)12-7-5-6-8-13(12)23-16-18-15-17-10(2)9-11(3)20(15)19-16/h5-9H,4H2,1-3H3. The third-order valence-corrected chi connectivity index (χ3v) is 3.18. The number of rotatable bonds is 4. The molecule has 0 atom stereocenters. The number of esters is 1. The molecule has 0 unspecified atom stereocenters. The van der Waals surface area contributed by atoms with Crippen LogP contribution in [0.25, 0.3) is 5.78 Å². The first-order chi connectivity index (χ1) is 11.1. The molecule has 0 spiro atoms. The van der Waals surface area contributed by atoms with E-state index in [2.05, 4.69) is 15.1 Å². The third-order valence-electron chi connectivity index (χ3n) is 3.18. The molecular formula is C16H16N4O3. The van der Waals surface area contributed by atoms with Crippen molar-refractivity contribution in [2.24, 2.45) is 0 Å². The van der Waals surface area contributed by atoms with Crippen LogP contribution in [0.5, 0.6) is 11.8 Å². The van der Waals surface area contributed by atoms with E-state index in [9.17, 15) is 4.79 Å². The van der Waals surface area contributed by atoms with E-state index in [0.29, 0.717) is 23.7 Å². The Bertz CT molecular complexity index is 873. The topological polar surface area (TPSA) is 78.6 Å². The summed E-state index contributed by atoms with van der Waals surface area (Å²) in [6.45, 7) is 5.84. The lowest BCUT2D eigenvalue weighted by Gasteiger charge is -2.07. The van der Waals surface area contributed by atoms with E-state index in [1.807, 2.05) is 19.9 Å². The van der Waals surface area contributed by atoms with Gasteiger partial charge in [0.05, 0.1) is 6.61 Å². The van der Waals surface area contributed by atoms with Crippen molar-refractivity contribution in [3.05, 3.63) is 47.3 Å². The summed E-state index contributed by atoms with van der Waals surface area (Å²) in [5.74, 6) is 0.347. The van der Waals surface area contributed by atoms with Gasteiger partial charge in [0.25, 0.3) is 5.78 Å². The molecule has 7 heteroatoms. The fourth-order valence-electron chi connectivity index (χ4n) is 2.22. The summed E-state index contributed by atoms with van der Waals surface area (Å²) in [5.41, 5.74) is 2.07. The SMILES string of the molecule is CCOC(=O)c1ccccc1Oc1nc2nc(C)cc(C)n2n1. The highest BCUT2D eigenvalue weighted by Crippen LogP contribution is 2.24. The van der Waals surface area contributed by atoms with Crippen molar-refractivity contribution in [1.82, 2.24) is 19.6 Å². The molecule has 0 radical (unpaired) electrons. The summed E-state index contributed by atoms with van der Waals surface area (Å²) in [5, 5.41) is 4.26. The molecule has 3 rings (SSSR count). The lowest BCUT2D eigenvalue weighted by atomic mass is 10.2. The number of para-hydroxylation sites is 1. The van der Waals surface area contributed by atoms with Crippen LogP contribution >= 0.6 is 0 Å². The molecule has 7 nitrogen and oxygen atoms in total. The number of fused-ring (bicyclic) bond motifs is 1. The van der Waals surface area contributed by atoms with Gasteiger partial charge < -0.3 is 9.47 Å². The Hall–Kier alpha value is -2.96. The van der Waals surface area contributed by atoms with Crippen molar-refractivity contribution in [2.75, 3.05) is 6.61 Å². The first-order valence-electron chi connectivity index (χ1n) is 7.23. The molecule has 0 aliphatic carbocycles. The number of carbonyl (C=O) groups is 1. The Morgan fingerprint density at radius 2 is 2.00 bits per heavy atom. The average Bonchev–Trinajstić information content (AvgIpc) is 2.90. The Morgan fingerprint density at radius 1 is 1.22 bits per heavy atom. The second-order valence-corrected chi connectivity index (χ2v) is 4.96. The van der Waals surface area contributed by atoms with Gasteiger partial charge in [0.15, 0.2) is 0 Å². The van der Waals surface area contributed by atoms with Crippen LogP contribution in [0.4, 0.5) is 0 Å². The lowest BCUT2D eigenvalue weighted by Crippen LogP contribution is -2.06. The smallest absolute Gasteiger partial charge is 0.343 e. The number of carbonyl (C=O) groups excluding carboxylic acids is 1. The van der Waals surface area contributed by atoms with Gasteiger partial charge >= 0.3 is 12.0 Å². The summed E-state index contributed by atoms with van der Waals surface area (Å²) < 4.78 is 12.3. The van der Waals surface area contributed by atoms with Crippen molar-refractivity contribution >= 4 is 11.7 Å². The minimum absolute atomic E-state index is 0.128. The molecule has 3 aromatic rings. The van der Waals surface area contributed by atoms with Crippen molar-refractivity contribution in [2.45, 2.75) is 20.8 Å². The minimum atomic E-state index is -0.447. The summed E-state index contributed by atoms with van der Waals surface area (Å²) in [6.07, 6.45) is 0. The number of hydrogen-bond acceptors (Lipinski definition) is 6. The molecule has 0 bridgehead atoms. The normalized spacial score (nSPS) is 10.7. The van der Waals surface area contributed by atoms with Gasteiger partial charge in [-0.1, -0.05) is 12.1 Å². The van der Waals surface area contributed by atoms with Gasteiger partial charge in [-0.3, -0.25) is 0 Å². The Balaban J connectivity index is 1.96. The molecule has 118 valence electrons.